The number of esters is 4. The lowest BCUT2D eigenvalue weighted by Crippen LogP contribution is -2.30. The topological polar surface area (TPSA) is 237 Å². The van der Waals surface area contributed by atoms with Crippen LogP contribution in [0.2, 0.25) is 0 Å². The molecule has 0 amide bonds. The highest BCUT2D eigenvalue weighted by molar-refractivity contribution is 7.47. The lowest BCUT2D eigenvalue weighted by atomic mass is 10.00. The monoisotopic (exact) mass is 1240 g/mol. The van der Waals surface area contributed by atoms with Crippen LogP contribution in [-0.2, 0) is 65.4 Å². The minimum absolute atomic E-state index is 0.0834. The number of aliphatic hydroxyl groups excluding tert-OH is 1. The van der Waals surface area contributed by atoms with Crippen molar-refractivity contribution >= 4 is 39.5 Å². The minimum atomic E-state index is -4.95. The van der Waals surface area contributed by atoms with Gasteiger partial charge in [0.1, 0.15) is 19.3 Å². The Morgan fingerprint density at radius 1 is 0.393 bits per heavy atom. The maximum Gasteiger partial charge on any atom is 0.472 e. The van der Waals surface area contributed by atoms with Gasteiger partial charge in [-0.05, 0) is 69.1 Å². The van der Waals surface area contributed by atoms with E-state index in [0.717, 1.165) is 121 Å². The molecule has 84 heavy (non-hydrogen) atoms. The molecule has 494 valence electrons. The van der Waals surface area contributed by atoms with Crippen molar-refractivity contribution in [1.82, 2.24) is 0 Å². The SMILES string of the molecule is CCCCCC/C=C\C=C/CCCCCCCC(=O)O[C@H](COC(=O)CCCCCCCCCC(C)C)COP(=O)(O)OCC(O)COP(=O)(O)OC[C@@H](COC(=O)CCCCCCCCC(C)CC)OC(=O)CCCCCCCCC(C)C. The molecule has 3 N–H and O–H groups in total. The highest BCUT2D eigenvalue weighted by Gasteiger charge is 2.30. The lowest BCUT2D eigenvalue weighted by molar-refractivity contribution is -0.161. The van der Waals surface area contributed by atoms with E-state index in [1.54, 1.807) is 0 Å². The van der Waals surface area contributed by atoms with E-state index in [1.807, 2.05) is 0 Å². The molecule has 6 atom stereocenters. The normalized spacial score (nSPS) is 14.9. The van der Waals surface area contributed by atoms with Crippen LogP contribution in [0.1, 0.15) is 292 Å². The second kappa shape index (κ2) is 55.8. The van der Waals surface area contributed by atoms with Gasteiger partial charge in [-0.15, -0.1) is 0 Å². The molecule has 0 aromatic heterocycles. The van der Waals surface area contributed by atoms with Crippen molar-refractivity contribution in [3.8, 4) is 0 Å². The molecule has 19 heteroatoms. The van der Waals surface area contributed by atoms with Gasteiger partial charge in [0.25, 0.3) is 0 Å². The molecule has 0 bridgehead atoms. The van der Waals surface area contributed by atoms with Crippen LogP contribution in [0.5, 0.6) is 0 Å². The summed E-state index contributed by atoms with van der Waals surface area (Å²) in [5.41, 5.74) is 0. The van der Waals surface area contributed by atoms with E-state index in [9.17, 15) is 43.2 Å². The molecule has 0 aliphatic carbocycles. The number of unbranched alkanes of at least 4 members (excludes halogenated alkanes) is 25. The van der Waals surface area contributed by atoms with Crippen molar-refractivity contribution in [2.45, 2.75) is 311 Å². The zero-order chi connectivity index (χ0) is 62.4. The molecule has 0 heterocycles. The number of hydrogen-bond acceptors (Lipinski definition) is 15. The van der Waals surface area contributed by atoms with E-state index in [-0.39, 0.29) is 25.7 Å². The van der Waals surface area contributed by atoms with Gasteiger partial charge in [0.15, 0.2) is 12.2 Å². The van der Waals surface area contributed by atoms with E-state index in [4.69, 9.17) is 37.0 Å². The van der Waals surface area contributed by atoms with Crippen LogP contribution in [0.4, 0.5) is 0 Å². The first-order valence-corrected chi connectivity index (χ1v) is 36.2. The van der Waals surface area contributed by atoms with Gasteiger partial charge < -0.3 is 33.8 Å². The summed E-state index contributed by atoms with van der Waals surface area (Å²) in [6.45, 7) is 11.5. The summed E-state index contributed by atoms with van der Waals surface area (Å²) in [6.07, 6.45) is 40.1. The van der Waals surface area contributed by atoms with E-state index < -0.39 is 97.5 Å². The van der Waals surface area contributed by atoms with Gasteiger partial charge in [-0.2, -0.15) is 0 Å². The third-order valence-corrected chi connectivity index (χ3v) is 16.5. The molecular formula is C65H122O17P2. The van der Waals surface area contributed by atoms with Gasteiger partial charge in [0, 0.05) is 25.7 Å². The summed E-state index contributed by atoms with van der Waals surface area (Å²) in [4.78, 5) is 72.2. The van der Waals surface area contributed by atoms with Crippen molar-refractivity contribution < 1.29 is 80.2 Å². The van der Waals surface area contributed by atoms with Crippen molar-refractivity contribution in [3.05, 3.63) is 24.3 Å². The lowest BCUT2D eigenvalue weighted by Gasteiger charge is -2.21. The Labute approximate surface area is 510 Å². The van der Waals surface area contributed by atoms with E-state index in [0.29, 0.717) is 37.5 Å². The number of aliphatic hydroxyl groups is 1. The molecule has 17 nitrogen and oxygen atoms in total. The predicted molar refractivity (Wildman–Crippen MR) is 335 cm³/mol. The van der Waals surface area contributed by atoms with Gasteiger partial charge in [-0.25, -0.2) is 9.13 Å². The first kappa shape index (κ1) is 81.5. The number of hydrogen-bond donors (Lipinski definition) is 3. The molecule has 4 unspecified atom stereocenters. The smallest absolute Gasteiger partial charge is 0.462 e. The number of ether oxygens (including phenoxy) is 4. The molecule has 0 aliphatic rings. The zero-order valence-electron chi connectivity index (χ0n) is 53.8. The summed E-state index contributed by atoms with van der Waals surface area (Å²) in [5, 5.41) is 10.5. The van der Waals surface area contributed by atoms with E-state index in [2.05, 4.69) is 72.8 Å². The van der Waals surface area contributed by atoms with Crippen LogP contribution in [0, 0.1) is 17.8 Å². The zero-order valence-corrected chi connectivity index (χ0v) is 55.6. The van der Waals surface area contributed by atoms with Gasteiger partial charge in [-0.3, -0.25) is 37.3 Å². The van der Waals surface area contributed by atoms with Crippen LogP contribution in [0.15, 0.2) is 24.3 Å². The second-order valence-electron chi connectivity index (χ2n) is 24.0. The first-order chi connectivity index (χ1) is 40.3. The first-order valence-electron chi connectivity index (χ1n) is 33.2. The average Bonchev–Trinajstić information content (AvgIpc) is 3.51. The highest BCUT2D eigenvalue weighted by atomic mass is 31.2. The molecule has 0 saturated carbocycles. The average molecular weight is 1240 g/mol. The number of carbonyl (C=O) groups is 4. The van der Waals surface area contributed by atoms with Crippen LogP contribution < -0.4 is 0 Å². The Balaban J connectivity index is 5.28. The second-order valence-corrected chi connectivity index (χ2v) is 26.9. The third kappa shape index (κ3) is 57.3. The summed E-state index contributed by atoms with van der Waals surface area (Å²) in [6, 6.07) is 0. The van der Waals surface area contributed by atoms with Crippen LogP contribution in [0.25, 0.3) is 0 Å². The Bertz CT molecular complexity index is 1760. The number of allylic oxidation sites excluding steroid dienone is 4. The van der Waals surface area contributed by atoms with Crippen LogP contribution >= 0.6 is 15.6 Å². The Morgan fingerprint density at radius 2 is 0.702 bits per heavy atom. The number of phosphoric acid groups is 2. The van der Waals surface area contributed by atoms with Gasteiger partial charge >= 0.3 is 39.5 Å². The Morgan fingerprint density at radius 3 is 1.06 bits per heavy atom. The van der Waals surface area contributed by atoms with Gasteiger partial charge in [0.05, 0.1) is 26.4 Å². The predicted octanol–water partition coefficient (Wildman–Crippen LogP) is 17.4. The van der Waals surface area contributed by atoms with Gasteiger partial charge in [0.2, 0.25) is 0 Å². The molecule has 0 spiro atoms. The molecular weight excluding hydrogens is 1110 g/mol. The van der Waals surface area contributed by atoms with Crippen LogP contribution in [-0.4, -0.2) is 96.7 Å². The quantitative estimate of drug-likeness (QED) is 0.0169. The van der Waals surface area contributed by atoms with Crippen molar-refractivity contribution in [2.75, 3.05) is 39.6 Å². The summed E-state index contributed by atoms with van der Waals surface area (Å²) < 4.78 is 67.9. The maximum absolute atomic E-state index is 13.0. The fourth-order valence-corrected chi connectivity index (χ4v) is 10.7. The van der Waals surface area contributed by atoms with E-state index >= 15 is 0 Å². The molecule has 0 saturated heterocycles. The fourth-order valence-electron chi connectivity index (χ4n) is 9.08. The van der Waals surface area contributed by atoms with Crippen molar-refractivity contribution in [2.24, 2.45) is 17.8 Å². The number of rotatable bonds is 61. The van der Waals surface area contributed by atoms with E-state index in [1.165, 1.54) is 77.0 Å². The molecule has 0 aromatic carbocycles. The molecule has 0 rings (SSSR count). The number of phosphoric ester groups is 2. The van der Waals surface area contributed by atoms with Gasteiger partial charge in [-0.1, -0.05) is 240 Å². The minimum Gasteiger partial charge on any atom is -0.462 e. The maximum atomic E-state index is 13.0. The molecule has 0 radical (unpaired) electrons. The fraction of sp³-hybridized carbons (Fsp3) is 0.877. The highest BCUT2D eigenvalue weighted by Crippen LogP contribution is 2.45. The summed E-state index contributed by atoms with van der Waals surface area (Å²) >= 11 is 0. The molecule has 0 aliphatic heterocycles. The number of carbonyl (C=O) groups excluding carboxylic acids is 4. The standard InChI is InChI=1S/C65H122O17P2/c1-8-10-11-12-13-14-15-16-17-18-19-20-23-34-41-48-64(69)81-60(52-75-62(67)46-39-32-24-21-22-29-36-43-56(3)4)54-79-83(71,72)77-50-59(66)51-78-84(73,74)80-55-61(82-65(70)49-42-35-27-25-30-37-44-57(5)6)53-76-63(68)47-40-33-28-26-31-38-45-58(7)9-2/h14-17,56-61,66H,8-13,18-55H2,1-7H3,(H,71,72)(H,73,74)/b15-14-,17-16-/t58?,59?,60-,61-/m1/s1. The summed E-state index contributed by atoms with van der Waals surface area (Å²) in [7, 11) is -9.90. The Kier molecular flexibility index (Phi) is 54.2. The third-order valence-electron chi connectivity index (χ3n) is 14.6. The largest absolute Gasteiger partial charge is 0.472 e. The van der Waals surface area contributed by atoms with Crippen LogP contribution in [0.3, 0.4) is 0 Å². The van der Waals surface area contributed by atoms with Crippen molar-refractivity contribution in [1.29, 1.82) is 0 Å². The summed E-state index contributed by atoms with van der Waals surface area (Å²) in [5.74, 6) is -0.0729. The molecule has 0 fully saturated rings. The van der Waals surface area contributed by atoms with Crippen molar-refractivity contribution in [3.63, 3.8) is 0 Å². The Hall–Kier alpha value is -2.46. The molecule has 0 aromatic rings.